The third kappa shape index (κ3) is 3.58. The highest BCUT2D eigenvalue weighted by Gasteiger charge is 2.40. The number of aliphatic hydroxyl groups excluding tert-OH is 1. The number of likely N-dealkylation sites (tertiary alicyclic amines) is 1. The summed E-state index contributed by atoms with van der Waals surface area (Å²) in [6.45, 7) is 1.92. The highest BCUT2D eigenvalue weighted by molar-refractivity contribution is 8.00. The van der Waals surface area contributed by atoms with E-state index in [1.54, 1.807) is 11.8 Å². The SMILES string of the molecule is O=C1CSc2ccc(CCN3CCC(CO)(C(=O)O)CC3)cc2N1. The fourth-order valence-electron chi connectivity index (χ4n) is 3.22. The summed E-state index contributed by atoms with van der Waals surface area (Å²) in [6, 6.07) is 6.16. The van der Waals surface area contributed by atoms with Crippen LogP contribution in [0.2, 0.25) is 0 Å². The molecule has 0 aliphatic carbocycles. The molecule has 0 unspecified atom stereocenters. The number of carbonyl (C=O) groups is 2. The Morgan fingerprint density at radius 1 is 1.33 bits per heavy atom. The van der Waals surface area contributed by atoms with Crippen LogP contribution in [0.25, 0.3) is 0 Å². The number of hydrogen-bond donors (Lipinski definition) is 3. The minimum absolute atomic E-state index is 0.0368. The molecule has 1 saturated heterocycles. The summed E-state index contributed by atoms with van der Waals surface area (Å²) in [5.41, 5.74) is 1.08. The number of benzene rings is 1. The largest absolute Gasteiger partial charge is 0.481 e. The van der Waals surface area contributed by atoms with E-state index in [4.69, 9.17) is 0 Å². The van der Waals surface area contributed by atoms with Gasteiger partial charge in [-0.15, -0.1) is 11.8 Å². The fourth-order valence-corrected chi connectivity index (χ4v) is 4.01. The first-order valence-electron chi connectivity index (χ1n) is 8.15. The Morgan fingerprint density at radius 2 is 2.08 bits per heavy atom. The van der Waals surface area contributed by atoms with Crippen LogP contribution in [0.3, 0.4) is 0 Å². The van der Waals surface area contributed by atoms with Crippen molar-refractivity contribution < 1.29 is 19.8 Å². The Bertz CT molecular complexity index is 641. The van der Waals surface area contributed by atoms with E-state index < -0.39 is 11.4 Å². The number of hydrogen-bond acceptors (Lipinski definition) is 5. The molecule has 130 valence electrons. The van der Waals surface area contributed by atoms with Crippen LogP contribution in [0.15, 0.2) is 23.1 Å². The van der Waals surface area contributed by atoms with Gasteiger partial charge in [0.15, 0.2) is 0 Å². The fraction of sp³-hybridized carbons (Fsp3) is 0.529. The van der Waals surface area contributed by atoms with Crippen LogP contribution in [0.5, 0.6) is 0 Å². The minimum Gasteiger partial charge on any atom is -0.481 e. The monoisotopic (exact) mass is 350 g/mol. The maximum Gasteiger partial charge on any atom is 0.312 e. The molecule has 0 atom stereocenters. The van der Waals surface area contributed by atoms with Gasteiger partial charge in [0.1, 0.15) is 0 Å². The van der Waals surface area contributed by atoms with Gasteiger partial charge < -0.3 is 20.4 Å². The molecule has 2 aliphatic heterocycles. The molecule has 1 fully saturated rings. The van der Waals surface area contributed by atoms with Gasteiger partial charge in [-0.25, -0.2) is 0 Å². The van der Waals surface area contributed by atoms with Crippen LogP contribution in [-0.4, -0.2) is 59.0 Å². The number of aliphatic hydroxyl groups is 1. The molecule has 7 heteroatoms. The Hall–Kier alpha value is -1.57. The summed E-state index contributed by atoms with van der Waals surface area (Å²) in [7, 11) is 0. The lowest BCUT2D eigenvalue weighted by molar-refractivity contribution is -0.155. The van der Waals surface area contributed by atoms with Gasteiger partial charge in [-0.05, 0) is 50.0 Å². The zero-order valence-electron chi connectivity index (χ0n) is 13.5. The average molecular weight is 350 g/mol. The number of amides is 1. The molecule has 0 spiro atoms. The van der Waals surface area contributed by atoms with Crippen molar-refractivity contribution in [3.8, 4) is 0 Å². The number of thioether (sulfide) groups is 1. The van der Waals surface area contributed by atoms with E-state index in [-0.39, 0.29) is 12.5 Å². The third-order valence-electron chi connectivity index (χ3n) is 4.96. The van der Waals surface area contributed by atoms with Crippen LogP contribution in [-0.2, 0) is 16.0 Å². The molecule has 0 bridgehead atoms. The molecule has 6 nitrogen and oxygen atoms in total. The van der Waals surface area contributed by atoms with E-state index in [1.165, 1.54) is 0 Å². The second-order valence-electron chi connectivity index (χ2n) is 6.50. The molecule has 0 saturated carbocycles. The number of fused-ring (bicyclic) bond motifs is 1. The maximum absolute atomic E-state index is 11.5. The summed E-state index contributed by atoms with van der Waals surface area (Å²) in [4.78, 5) is 26.2. The highest BCUT2D eigenvalue weighted by atomic mass is 32.2. The predicted molar refractivity (Wildman–Crippen MR) is 92.3 cm³/mol. The van der Waals surface area contributed by atoms with Crippen LogP contribution in [0.1, 0.15) is 18.4 Å². The molecule has 2 aliphatic rings. The molecule has 0 radical (unpaired) electrons. The van der Waals surface area contributed by atoms with Crippen molar-refractivity contribution in [1.29, 1.82) is 0 Å². The molecule has 1 aromatic carbocycles. The van der Waals surface area contributed by atoms with E-state index in [1.807, 2.05) is 12.1 Å². The van der Waals surface area contributed by atoms with Crippen molar-refractivity contribution in [2.24, 2.45) is 5.41 Å². The topological polar surface area (TPSA) is 89.9 Å². The smallest absolute Gasteiger partial charge is 0.312 e. The second kappa shape index (κ2) is 7.13. The number of carboxylic acids is 1. The summed E-state index contributed by atoms with van der Waals surface area (Å²) in [5, 5.41) is 21.6. The lowest BCUT2D eigenvalue weighted by atomic mass is 9.79. The zero-order valence-corrected chi connectivity index (χ0v) is 14.3. The van der Waals surface area contributed by atoms with Crippen LogP contribution >= 0.6 is 11.8 Å². The Balaban J connectivity index is 1.55. The molecule has 1 amide bonds. The van der Waals surface area contributed by atoms with E-state index >= 15 is 0 Å². The first-order valence-corrected chi connectivity index (χ1v) is 9.13. The van der Waals surface area contributed by atoms with Crippen molar-refractivity contribution >= 4 is 29.3 Å². The average Bonchev–Trinajstić information content (AvgIpc) is 2.59. The van der Waals surface area contributed by atoms with Crippen LogP contribution in [0, 0.1) is 5.41 Å². The van der Waals surface area contributed by atoms with Crippen molar-refractivity contribution in [2.45, 2.75) is 24.2 Å². The van der Waals surface area contributed by atoms with Gasteiger partial charge in [0.25, 0.3) is 0 Å². The second-order valence-corrected chi connectivity index (χ2v) is 7.52. The first-order chi connectivity index (χ1) is 11.5. The van der Waals surface area contributed by atoms with Crippen molar-refractivity contribution in [1.82, 2.24) is 4.90 Å². The molecule has 1 aromatic rings. The van der Waals surface area contributed by atoms with Gasteiger partial charge in [0.2, 0.25) is 5.91 Å². The van der Waals surface area contributed by atoms with E-state index in [0.717, 1.165) is 29.1 Å². The molecule has 3 rings (SSSR count). The number of rotatable bonds is 5. The number of nitrogens with zero attached hydrogens (tertiary/aromatic N) is 1. The lowest BCUT2D eigenvalue weighted by Crippen LogP contribution is -2.46. The van der Waals surface area contributed by atoms with Gasteiger partial charge in [-0.1, -0.05) is 6.07 Å². The minimum atomic E-state index is -0.968. The summed E-state index contributed by atoms with van der Waals surface area (Å²) >= 11 is 1.55. The third-order valence-corrected chi connectivity index (χ3v) is 6.04. The van der Waals surface area contributed by atoms with Crippen molar-refractivity contribution in [2.75, 3.05) is 37.3 Å². The van der Waals surface area contributed by atoms with Crippen molar-refractivity contribution in [3.63, 3.8) is 0 Å². The lowest BCUT2D eigenvalue weighted by Gasteiger charge is -2.37. The molecule has 2 heterocycles. The summed E-state index contributed by atoms with van der Waals surface area (Å²) < 4.78 is 0. The van der Waals surface area contributed by atoms with Gasteiger partial charge in [-0.3, -0.25) is 9.59 Å². The van der Waals surface area contributed by atoms with Gasteiger partial charge in [0, 0.05) is 11.4 Å². The molecule has 0 aromatic heterocycles. The number of nitrogens with one attached hydrogen (secondary N) is 1. The van der Waals surface area contributed by atoms with Crippen LogP contribution < -0.4 is 5.32 Å². The van der Waals surface area contributed by atoms with E-state index in [0.29, 0.717) is 31.7 Å². The quantitative estimate of drug-likeness (QED) is 0.744. The number of anilines is 1. The number of piperidine rings is 1. The Morgan fingerprint density at radius 3 is 2.75 bits per heavy atom. The van der Waals surface area contributed by atoms with E-state index in [2.05, 4.69) is 16.3 Å². The van der Waals surface area contributed by atoms with Crippen LogP contribution in [0.4, 0.5) is 5.69 Å². The number of carbonyl (C=O) groups excluding carboxylic acids is 1. The summed E-state index contributed by atoms with van der Waals surface area (Å²) in [5.74, 6) is -0.390. The maximum atomic E-state index is 11.5. The Labute approximate surface area is 145 Å². The molecule has 3 N–H and O–H groups in total. The standard InChI is InChI=1S/C17H22N2O4S/c20-11-17(16(22)23)4-7-19(8-5-17)6-3-12-1-2-14-13(9-12)18-15(21)10-24-14/h1-2,9,20H,3-8,10-11H2,(H,18,21)(H,22,23). The first kappa shape index (κ1) is 17.3. The van der Waals surface area contributed by atoms with Gasteiger partial charge >= 0.3 is 5.97 Å². The molecular weight excluding hydrogens is 328 g/mol. The molecular formula is C17H22N2O4S. The predicted octanol–water partition coefficient (Wildman–Crippen LogP) is 1.43. The van der Waals surface area contributed by atoms with Gasteiger partial charge in [0.05, 0.1) is 23.5 Å². The zero-order chi connectivity index (χ0) is 17.2. The van der Waals surface area contributed by atoms with Gasteiger partial charge in [-0.2, -0.15) is 0 Å². The summed E-state index contributed by atoms with van der Waals surface area (Å²) in [6.07, 6.45) is 1.82. The van der Waals surface area contributed by atoms with Crippen molar-refractivity contribution in [3.05, 3.63) is 23.8 Å². The van der Waals surface area contributed by atoms with E-state index in [9.17, 15) is 19.8 Å². The normalized spacial score (nSPS) is 20.3. The highest BCUT2D eigenvalue weighted by Crippen LogP contribution is 2.33. The molecule has 24 heavy (non-hydrogen) atoms. The number of carboxylic acid groups (broad SMARTS) is 1. The Kier molecular flexibility index (Phi) is 5.12. The number of aliphatic carboxylic acids is 1.